The minimum absolute atomic E-state index is 0.0750. The lowest BCUT2D eigenvalue weighted by atomic mass is 10.2. The summed E-state index contributed by atoms with van der Waals surface area (Å²) >= 11 is 1.73. The second-order valence-electron chi connectivity index (χ2n) is 6.30. The molecule has 0 aliphatic carbocycles. The lowest BCUT2D eigenvalue weighted by Gasteiger charge is -2.07. The highest BCUT2D eigenvalue weighted by molar-refractivity contribution is 7.99. The van der Waals surface area contributed by atoms with Crippen LogP contribution in [-0.4, -0.2) is 36.1 Å². The summed E-state index contributed by atoms with van der Waals surface area (Å²) in [5, 5.41) is 10.5. The van der Waals surface area contributed by atoms with Gasteiger partial charge in [0, 0.05) is 16.9 Å². The molecule has 1 heterocycles. The summed E-state index contributed by atoms with van der Waals surface area (Å²) in [6.07, 6.45) is 1.13. The number of hydrogen-bond acceptors (Lipinski definition) is 7. The van der Waals surface area contributed by atoms with Gasteiger partial charge in [-0.1, -0.05) is 22.8 Å². The Morgan fingerprint density at radius 1 is 1.07 bits per heavy atom. The lowest BCUT2D eigenvalue weighted by molar-refractivity contribution is -0.116. The van der Waals surface area contributed by atoms with Crippen LogP contribution >= 0.6 is 11.8 Å². The maximum atomic E-state index is 12.1. The predicted octanol–water partition coefficient (Wildman–Crippen LogP) is 4.57. The molecule has 8 heteroatoms. The highest BCUT2D eigenvalue weighted by Gasteiger charge is 2.13. The fourth-order valence-electron chi connectivity index (χ4n) is 2.60. The number of anilines is 1. The zero-order chi connectivity index (χ0) is 20.6. The number of aryl methyl sites for hydroxylation is 1. The van der Waals surface area contributed by atoms with Crippen LogP contribution in [0.15, 0.2) is 51.8 Å². The van der Waals surface area contributed by atoms with Crippen molar-refractivity contribution >= 4 is 23.7 Å². The van der Waals surface area contributed by atoms with Crippen LogP contribution in [-0.2, 0) is 4.79 Å². The Hall–Kier alpha value is -3.00. The number of rotatable bonds is 9. The fraction of sp³-hybridized carbons (Fsp3) is 0.286. The summed E-state index contributed by atoms with van der Waals surface area (Å²) in [7, 11) is 3.12. The molecule has 1 aromatic heterocycles. The molecule has 0 spiro atoms. The number of methoxy groups -OCH3 is 2. The van der Waals surface area contributed by atoms with Gasteiger partial charge >= 0.3 is 6.01 Å². The summed E-state index contributed by atoms with van der Waals surface area (Å²) in [5.41, 5.74) is 1.91. The number of hydrogen-bond donors (Lipinski definition) is 1. The number of nitrogens with zero attached hydrogens (tertiary/aromatic N) is 2. The summed E-state index contributed by atoms with van der Waals surface area (Å²) < 4.78 is 16.0. The van der Waals surface area contributed by atoms with Gasteiger partial charge in [-0.2, -0.15) is 0 Å². The van der Waals surface area contributed by atoms with Gasteiger partial charge in [-0.05, 0) is 49.4 Å². The zero-order valence-electron chi connectivity index (χ0n) is 16.6. The zero-order valence-corrected chi connectivity index (χ0v) is 17.4. The summed E-state index contributed by atoms with van der Waals surface area (Å²) in [5.74, 6) is 2.15. The van der Waals surface area contributed by atoms with Gasteiger partial charge in [-0.25, -0.2) is 0 Å². The molecule has 29 heavy (non-hydrogen) atoms. The minimum Gasteiger partial charge on any atom is -0.493 e. The second kappa shape index (κ2) is 9.97. The van der Waals surface area contributed by atoms with E-state index in [2.05, 4.69) is 46.7 Å². The van der Waals surface area contributed by atoms with Crippen LogP contribution in [0.3, 0.4) is 0 Å². The van der Waals surface area contributed by atoms with Crippen LogP contribution in [0.1, 0.15) is 18.4 Å². The first-order valence-corrected chi connectivity index (χ1v) is 10.1. The van der Waals surface area contributed by atoms with Crippen LogP contribution in [0.2, 0.25) is 0 Å². The van der Waals surface area contributed by atoms with Gasteiger partial charge in [0.05, 0.1) is 14.2 Å². The maximum Gasteiger partial charge on any atom is 0.322 e. The van der Waals surface area contributed by atoms with E-state index in [0.29, 0.717) is 23.5 Å². The molecule has 0 unspecified atom stereocenters. The molecule has 1 N–H and O–H groups in total. The van der Waals surface area contributed by atoms with E-state index in [4.69, 9.17) is 13.9 Å². The first-order valence-electron chi connectivity index (χ1n) is 9.14. The average Bonchev–Trinajstić information content (AvgIpc) is 3.20. The van der Waals surface area contributed by atoms with Gasteiger partial charge in [0.15, 0.2) is 11.5 Å². The number of ether oxygens (including phenoxy) is 2. The first-order chi connectivity index (χ1) is 14.1. The smallest absolute Gasteiger partial charge is 0.322 e. The number of thioether (sulfide) groups is 1. The monoisotopic (exact) mass is 413 g/mol. The molecule has 0 aliphatic rings. The topological polar surface area (TPSA) is 86.5 Å². The van der Waals surface area contributed by atoms with E-state index in [-0.39, 0.29) is 17.8 Å². The van der Waals surface area contributed by atoms with E-state index in [0.717, 1.165) is 12.2 Å². The molecule has 7 nitrogen and oxygen atoms in total. The molecule has 2 aromatic carbocycles. The van der Waals surface area contributed by atoms with Crippen molar-refractivity contribution in [2.45, 2.75) is 24.7 Å². The van der Waals surface area contributed by atoms with Crippen molar-refractivity contribution in [3.63, 3.8) is 0 Å². The number of aromatic nitrogens is 2. The molecule has 0 aliphatic heterocycles. The largest absolute Gasteiger partial charge is 0.493 e. The van der Waals surface area contributed by atoms with Crippen LogP contribution in [0, 0.1) is 6.92 Å². The minimum atomic E-state index is -0.156. The molecule has 3 rings (SSSR count). The Balaban J connectivity index is 1.49. The Kier molecular flexibility index (Phi) is 7.13. The highest BCUT2D eigenvalue weighted by atomic mass is 32.2. The molecule has 1 amide bonds. The van der Waals surface area contributed by atoms with E-state index in [1.807, 2.05) is 0 Å². The van der Waals surface area contributed by atoms with Crippen molar-refractivity contribution in [2.24, 2.45) is 0 Å². The third kappa shape index (κ3) is 5.74. The Bertz CT molecular complexity index is 957. The van der Waals surface area contributed by atoms with E-state index in [1.165, 1.54) is 10.5 Å². The molecular formula is C21H23N3O4S. The number of benzene rings is 2. The van der Waals surface area contributed by atoms with Crippen molar-refractivity contribution in [3.05, 3.63) is 48.0 Å². The quantitative estimate of drug-likeness (QED) is 0.406. The molecule has 152 valence electrons. The van der Waals surface area contributed by atoms with E-state index >= 15 is 0 Å². The molecule has 0 saturated heterocycles. The van der Waals surface area contributed by atoms with Crippen molar-refractivity contribution in [1.82, 2.24) is 10.2 Å². The second-order valence-corrected chi connectivity index (χ2v) is 7.46. The van der Waals surface area contributed by atoms with Crippen molar-refractivity contribution in [3.8, 4) is 23.0 Å². The third-order valence-electron chi connectivity index (χ3n) is 4.14. The lowest BCUT2D eigenvalue weighted by Crippen LogP contribution is -2.11. The first kappa shape index (κ1) is 20.7. The van der Waals surface area contributed by atoms with Gasteiger partial charge < -0.3 is 13.9 Å². The van der Waals surface area contributed by atoms with Gasteiger partial charge in [-0.3, -0.25) is 10.1 Å². The van der Waals surface area contributed by atoms with Crippen LogP contribution < -0.4 is 14.8 Å². The molecule has 0 radical (unpaired) electrons. The Morgan fingerprint density at radius 2 is 1.83 bits per heavy atom. The highest BCUT2D eigenvalue weighted by Crippen LogP contribution is 2.32. The number of nitrogens with one attached hydrogen (secondary N) is 1. The molecule has 0 fully saturated rings. The van der Waals surface area contributed by atoms with Crippen LogP contribution in [0.25, 0.3) is 11.5 Å². The Labute approximate surface area is 173 Å². The molecule has 0 atom stereocenters. The fourth-order valence-corrected chi connectivity index (χ4v) is 3.45. The molecule has 0 bridgehead atoms. The number of amides is 1. The normalized spacial score (nSPS) is 10.6. The van der Waals surface area contributed by atoms with Gasteiger partial charge in [0.1, 0.15) is 0 Å². The number of carbonyl (C=O) groups excluding carboxylic acids is 1. The van der Waals surface area contributed by atoms with Gasteiger partial charge in [-0.15, -0.1) is 16.9 Å². The predicted molar refractivity (Wildman–Crippen MR) is 113 cm³/mol. The molecule has 3 aromatic rings. The Morgan fingerprint density at radius 3 is 2.55 bits per heavy atom. The average molecular weight is 413 g/mol. The SMILES string of the molecule is COc1ccc(-c2nnc(NC(=O)CCCSc3ccc(C)cc3)o2)cc1OC. The third-order valence-corrected chi connectivity index (χ3v) is 5.24. The standard InChI is InChI=1S/C21H23N3O4S/c1-14-6-9-16(10-7-14)29-12-4-5-19(25)22-21-24-23-20(28-21)15-8-11-17(26-2)18(13-15)27-3/h6-11,13H,4-5,12H2,1-3H3,(H,22,24,25). The number of carbonyl (C=O) groups is 1. The van der Waals surface area contributed by atoms with Gasteiger partial charge in [0.25, 0.3) is 0 Å². The van der Waals surface area contributed by atoms with Crippen LogP contribution in [0.4, 0.5) is 6.01 Å². The molecular weight excluding hydrogens is 390 g/mol. The van der Waals surface area contributed by atoms with E-state index in [9.17, 15) is 4.79 Å². The maximum absolute atomic E-state index is 12.1. The summed E-state index contributed by atoms with van der Waals surface area (Å²) in [6, 6.07) is 13.7. The van der Waals surface area contributed by atoms with Crippen molar-refractivity contribution in [1.29, 1.82) is 0 Å². The van der Waals surface area contributed by atoms with Crippen molar-refractivity contribution in [2.75, 3.05) is 25.3 Å². The molecule has 0 saturated carbocycles. The van der Waals surface area contributed by atoms with Crippen molar-refractivity contribution < 1.29 is 18.7 Å². The summed E-state index contributed by atoms with van der Waals surface area (Å²) in [6.45, 7) is 2.06. The van der Waals surface area contributed by atoms with Crippen LogP contribution in [0.5, 0.6) is 11.5 Å². The van der Waals surface area contributed by atoms with E-state index in [1.54, 1.807) is 44.2 Å². The summed E-state index contributed by atoms with van der Waals surface area (Å²) in [4.78, 5) is 13.3. The van der Waals surface area contributed by atoms with Gasteiger partial charge in [0.2, 0.25) is 11.8 Å². The van der Waals surface area contributed by atoms with E-state index < -0.39 is 0 Å².